The van der Waals surface area contributed by atoms with Gasteiger partial charge in [-0.15, -0.1) is 0 Å². The highest BCUT2D eigenvalue weighted by Gasteiger charge is 2.39. The SMILES string of the molecule is Cc1ccc2[nH]c(C3CCN(C(=O)CC4c5cccn5CCN4S(=O)(=O)c4cc(C)c(Cl)cc4C)CC3)nc2c1. The summed E-state index contributed by atoms with van der Waals surface area (Å²) in [4.78, 5) is 24.1. The highest BCUT2D eigenvalue weighted by molar-refractivity contribution is 7.89. The van der Waals surface area contributed by atoms with Crippen LogP contribution in [-0.2, 0) is 21.4 Å². The van der Waals surface area contributed by atoms with Gasteiger partial charge in [-0.1, -0.05) is 17.7 Å². The molecule has 2 aromatic heterocycles. The largest absolute Gasteiger partial charge is 0.349 e. The highest BCUT2D eigenvalue weighted by atomic mass is 35.5. The third kappa shape index (κ3) is 4.84. The molecule has 210 valence electrons. The van der Waals surface area contributed by atoms with Gasteiger partial charge in [0.1, 0.15) is 5.82 Å². The first-order valence-corrected chi connectivity index (χ1v) is 15.6. The third-order valence-corrected chi connectivity index (χ3v) is 10.9. The maximum Gasteiger partial charge on any atom is 0.244 e. The standard InChI is InChI=1S/C30H34ClN5O3S/c1-19-6-7-24-25(15-19)33-30(32-24)22-8-11-35(12-9-22)29(37)18-27-26-5-4-10-34(26)13-14-36(27)40(38,39)28-17-20(2)23(31)16-21(28)3/h4-7,10,15-17,22,27H,8-9,11-14,18H2,1-3H3,(H,32,33). The van der Waals surface area contributed by atoms with Crippen molar-refractivity contribution in [2.45, 2.75) is 63.4 Å². The number of rotatable bonds is 5. The Hall–Kier alpha value is -3.14. The van der Waals surface area contributed by atoms with Crippen LogP contribution in [0.3, 0.4) is 0 Å². The van der Waals surface area contributed by atoms with Gasteiger partial charge in [0.25, 0.3) is 0 Å². The Morgan fingerprint density at radius 3 is 2.58 bits per heavy atom. The predicted molar refractivity (Wildman–Crippen MR) is 156 cm³/mol. The van der Waals surface area contributed by atoms with Crippen LogP contribution in [0.5, 0.6) is 0 Å². The molecule has 8 nitrogen and oxygen atoms in total. The number of imidazole rings is 1. The minimum atomic E-state index is -3.86. The molecule has 40 heavy (non-hydrogen) atoms. The van der Waals surface area contributed by atoms with Crippen molar-refractivity contribution >= 4 is 38.6 Å². The van der Waals surface area contributed by atoms with E-state index < -0.39 is 16.1 Å². The second-order valence-electron chi connectivity index (χ2n) is 11.1. The fourth-order valence-corrected chi connectivity index (χ4v) is 8.22. The monoisotopic (exact) mass is 579 g/mol. The van der Waals surface area contributed by atoms with E-state index in [4.69, 9.17) is 16.6 Å². The van der Waals surface area contributed by atoms with Gasteiger partial charge in [0.05, 0.1) is 22.0 Å². The number of hydrogen-bond donors (Lipinski definition) is 1. The summed E-state index contributed by atoms with van der Waals surface area (Å²) >= 11 is 6.27. The average molecular weight is 580 g/mol. The van der Waals surface area contributed by atoms with E-state index in [-0.39, 0.29) is 23.1 Å². The van der Waals surface area contributed by atoms with Crippen molar-refractivity contribution in [3.63, 3.8) is 0 Å². The maximum atomic E-state index is 14.0. The van der Waals surface area contributed by atoms with Crippen molar-refractivity contribution in [3.8, 4) is 0 Å². The molecule has 2 aliphatic heterocycles. The zero-order valence-corrected chi connectivity index (χ0v) is 24.6. The topological polar surface area (TPSA) is 91.3 Å². The van der Waals surface area contributed by atoms with Gasteiger partial charge >= 0.3 is 0 Å². The van der Waals surface area contributed by atoms with Crippen LogP contribution in [0.1, 0.15) is 59.4 Å². The number of nitrogens with zero attached hydrogens (tertiary/aromatic N) is 4. The molecular formula is C30H34ClN5O3S. The van der Waals surface area contributed by atoms with Crippen LogP contribution in [-0.4, -0.2) is 57.7 Å². The van der Waals surface area contributed by atoms with Crippen molar-refractivity contribution < 1.29 is 13.2 Å². The zero-order valence-electron chi connectivity index (χ0n) is 23.0. The molecular weight excluding hydrogens is 546 g/mol. The molecule has 0 aliphatic carbocycles. The van der Waals surface area contributed by atoms with Gasteiger partial charge in [-0.05, 0) is 86.7 Å². The molecule has 1 unspecified atom stereocenters. The second kappa shape index (κ2) is 10.4. The van der Waals surface area contributed by atoms with Crippen LogP contribution in [0.2, 0.25) is 5.02 Å². The molecule has 1 amide bonds. The number of carbonyl (C=O) groups excluding carboxylic acids is 1. The van der Waals surface area contributed by atoms with E-state index >= 15 is 0 Å². The smallest absolute Gasteiger partial charge is 0.244 e. The Morgan fingerprint density at radius 2 is 1.80 bits per heavy atom. The molecule has 0 spiro atoms. The fraction of sp³-hybridized carbons (Fsp3) is 0.400. The van der Waals surface area contributed by atoms with Crippen molar-refractivity contribution in [1.29, 1.82) is 0 Å². The molecule has 4 heterocycles. The number of halogens is 1. The molecule has 4 aromatic rings. The van der Waals surface area contributed by atoms with Gasteiger partial charge in [-0.3, -0.25) is 4.79 Å². The zero-order chi connectivity index (χ0) is 28.2. The van der Waals surface area contributed by atoms with Crippen LogP contribution in [0.25, 0.3) is 11.0 Å². The van der Waals surface area contributed by atoms with Crippen molar-refractivity contribution in [1.82, 2.24) is 23.7 Å². The first-order chi connectivity index (χ1) is 19.1. The summed E-state index contributed by atoms with van der Waals surface area (Å²) in [5, 5.41) is 0.539. The quantitative estimate of drug-likeness (QED) is 0.339. The van der Waals surface area contributed by atoms with E-state index in [0.717, 1.165) is 35.4 Å². The van der Waals surface area contributed by atoms with Gasteiger partial charge in [0.2, 0.25) is 15.9 Å². The number of aryl methyl sites for hydroxylation is 3. The van der Waals surface area contributed by atoms with Crippen molar-refractivity contribution in [2.75, 3.05) is 19.6 Å². The molecule has 1 fully saturated rings. The molecule has 0 saturated carbocycles. The summed E-state index contributed by atoms with van der Waals surface area (Å²) in [5.41, 5.74) is 5.34. The van der Waals surface area contributed by atoms with E-state index in [0.29, 0.717) is 42.3 Å². The van der Waals surface area contributed by atoms with Crippen LogP contribution in [0, 0.1) is 20.8 Å². The van der Waals surface area contributed by atoms with Gasteiger partial charge in [-0.2, -0.15) is 4.31 Å². The molecule has 2 aromatic carbocycles. The van der Waals surface area contributed by atoms with E-state index in [1.165, 1.54) is 9.87 Å². The summed E-state index contributed by atoms with van der Waals surface area (Å²) < 4.78 is 31.6. The Kier molecular flexibility index (Phi) is 7.01. The third-order valence-electron chi connectivity index (χ3n) is 8.42. The van der Waals surface area contributed by atoms with E-state index in [2.05, 4.69) is 34.7 Å². The lowest BCUT2D eigenvalue weighted by Gasteiger charge is -2.38. The Labute approximate surface area is 240 Å². The molecule has 0 radical (unpaired) electrons. The normalized spacial score (nSPS) is 18.8. The molecule has 1 N–H and O–H groups in total. The van der Waals surface area contributed by atoms with Gasteiger partial charge in [0, 0.05) is 55.4 Å². The molecule has 2 aliphatic rings. The lowest BCUT2D eigenvalue weighted by Crippen LogP contribution is -2.45. The van der Waals surface area contributed by atoms with Gasteiger partial charge in [0.15, 0.2) is 0 Å². The number of aromatic nitrogens is 3. The van der Waals surface area contributed by atoms with Crippen LogP contribution in [0.4, 0.5) is 0 Å². The fourth-order valence-electron chi connectivity index (χ4n) is 6.12. The lowest BCUT2D eigenvalue weighted by atomic mass is 9.95. The number of nitrogens with one attached hydrogen (secondary N) is 1. The average Bonchev–Trinajstić information content (AvgIpc) is 3.58. The summed E-state index contributed by atoms with van der Waals surface area (Å²) in [6.45, 7) is 7.71. The van der Waals surface area contributed by atoms with Gasteiger partial charge in [-0.25, -0.2) is 13.4 Å². The molecule has 10 heteroatoms. The number of H-pyrrole nitrogens is 1. The Morgan fingerprint density at radius 1 is 1.02 bits per heavy atom. The molecule has 1 saturated heterocycles. The lowest BCUT2D eigenvalue weighted by molar-refractivity contribution is -0.133. The van der Waals surface area contributed by atoms with Crippen molar-refractivity contribution in [3.05, 3.63) is 81.9 Å². The minimum Gasteiger partial charge on any atom is -0.349 e. The van der Waals surface area contributed by atoms with Crippen molar-refractivity contribution in [2.24, 2.45) is 0 Å². The van der Waals surface area contributed by atoms with E-state index in [9.17, 15) is 13.2 Å². The van der Waals surface area contributed by atoms with Crippen LogP contribution in [0.15, 0.2) is 53.6 Å². The number of piperidine rings is 1. The molecule has 0 bridgehead atoms. The summed E-state index contributed by atoms with van der Waals surface area (Å²) in [5.74, 6) is 1.21. The highest BCUT2D eigenvalue weighted by Crippen LogP contribution is 2.37. The maximum absolute atomic E-state index is 14.0. The van der Waals surface area contributed by atoms with E-state index in [1.54, 1.807) is 26.0 Å². The number of carbonyl (C=O) groups is 1. The summed E-state index contributed by atoms with van der Waals surface area (Å²) in [7, 11) is -3.86. The van der Waals surface area contributed by atoms with E-state index in [1.807, 2.05) is 23.2 Å². The minimum absolute atomic E-state index is 0.0254. The number of amides is 1. The first-order valence-electron chi connectivity index (χ1n) is 13.8. The van der Waals surface area contributed by atoms with Crippen LogP contribution < -0.4 is 0 Å². The Balaban J connectivity index is 1.20. The number of aromatic amines is 1. The van der Waals surface area contributed by atoms with Crippen LogP contribution >= 0.6 is 11.6 Å². The number of hydrogen-bond acceptors (Lipinski definition) is 4. The Bertz CT molecular complexity index is 1700. The predicted octanol–water partition coefficient (Wildman–Crippen LogP) is 5.48. The second-order valence-corrected chi connectivity index (χ2v) is 13.4. The first kappa shape index (κ1) is 27.1. The number of fused-ring (bicyclic) bond motifs is 2. The number of benzene rings is 2. The summed E-state index contributed by atoms with van der Waals surface area (Å²) in [6.07, 6.45) is 3.69. The molecule has 6 rings (SSSR count). The number of likely N-dealkylation sites (tertiary alicyclic amines) is 1. The van der Waals surface area contributed by atoms with Gasteiger partial charge < -0.3 is 14.5 Å². The molecule has 1 atom stereocenters. The summed E-state index contributed by atoms with van der Waals surface area (Å²) in [6, 6.07) is 12.8. The number of sulfonamides is 1.